The summed E-state index contributed by atoms with van der Waals surface area (Å²) in [5.41, 5.74) is 8.62. The van der Waals surface area contributed by atoms with Gasteiger partial charge >= 0.3 is 0 Å². The van der Waals surface area contributed by atoms with Crippen LogP contribution in [-0.4, -0.2) is 12.3 Å². The molecule has 82 valence electrons. The van der Waals surface area contributed by atoms with Crippen molar-refractivity contribution in [3.8, 4) is 0 Å². The first-order chi connectivity index (χ1) is 7.22. The van der Waals surface area contributed by atoms with Crippen molar-refractivity contribution in [3.63, 3.8) is 0 Å². The summed E-state index contributed by atoms with van der Waals surface area (Å²) in [6.45, 7) is 4.59. The molecule has 0 heterocycles. The minimum absolute atomic E-state index is 0.171. The molecular formula is C13H19NO. The molecule has 0 spiro atoms. The molecule has 15 heavy (non-hydrogen) atoms. The van der Waals surface area contributed by atoms with Crippen LogP contribution in [0.25, 0.3) is 0 Å². The Morgan fingerprint density at radius 3 is 2.53 bits per heavy atom. The summed E-state index contributed by atoms with van der Waals surface area (Å²) in [4.78, 5) is 11.8. The standard InChI is InChI=1S/C13H19NO/c1-3-10-5-6-11(4-2)12(9-10)13(15)7-8-14/h5-6,9H,3-4,7-8,14H2,1-2H3. The maximum atomic E-state index is 11.8. The SMILES string of the molecule is CCc1ccc(CC)c(C(=O)CCN)c1. The number of hydrogen-bond donors (Lipinski definition) is 1. The number of carbonyl (C=O) groups excluding carboxylic acids is 1. The molecule has 0 atom stereocenters. The molecule has 0 aromatic heterocycles. The highest BCUT2D eigenvalue weighted by Crippen LogP contribution is 2.15. The third kappa shape index (κ3) is 2.90. The molecule has 0 amide bonds. The third-order valence-electron chi connectivity index (χ3n) is 2.64. The monoisotopic (exact) mass is 205 g/mol. The van der Waals surface area contributed by atoms with Crippen molar-refractivity contribution in [3.05, 3.63) is 34.9 Å². The number of aryl methyl sites for hydroxylation is 2. The molecule has 0 saturated carbocycles. The largest absolute Gasteiger partial charge is 0.330 e. The van der Waals surface area contributed by atoms with Gasteiger partial charge in [-0.1, -0.05) is 26.0 Å². The van der Waals surface area contributed by atoms with Crippen molar-refractivity contribution in [2.75, 3.05) is 6.54 Å². The van der Waals surface area contributed by atoms with E-state index in [1.54, 1.807) is 0 Å². The van der Waals surface area contributed by atoms with Crippen LogP contribution in [0.2, 0.25) is 0 Å². The fraction of sp³-hybridized carbons (Fsp3) is 0.462. The van der Waals surface area contributed by atoms with Crippen LogP contribution < -0.4 is 5.73 Å². The minimum atomic E-state index is 0.171. The van der Waals surface area contributed by atoms with E-state index < -0.39 is 0 Å². The summed E-state index contributed by atoms with van der Waals surface area (Å²) in [5.74, 6) is 0.171. The second-order valence-electron chi connectivity index (χ2n) is 3.66. The van der Waals surface area contributed by atoms with E-state index in [0.717, 1.165) is 24.0 Å². The first-order valence-corrected chi connectivity index (χ1v) is 5.58. The van der Waals surface area contributed by atoms with E-state index in [2.05, 4.69) is 26.0 Å². The molecular weight excluding hydrogens is 186 g/mol. The van der Waals surface area contributed by atoms with E-state index in [-0.39, 0.29) is 5.78 Å². The van der Waals surface area contributed by atoms with E-state index in [0.29, 0.717) is 13.0 Å². The van der Waals surface area contributed by atoms with Gasteiger partial charge in [-0.25, -0.2) is 0 Å². The lowest BCUT2D eigenvalue weighted by Gasteiger charge is -2.08. The van der Waals surface area contributed by atoms with Crippen LogP contribution in [0.1, 0.15) is 41.8 Å². The maximum absolute atomic E-state index is 11.8. The molecule has 0 bridgehead atoms. The van der Waals surface area contributed by atoms with Crippen molar-refractivity contribution in [1.29, 1.82) is 0 Å². The Labute approximate surface area is 91.5 Å². The molecule has 2 nitrogen and oxygen atoms in total. The summed E-state index contributed by atoms with van der Waals surface area (Å²) in [6.07, 6.45) is 2.31. The van der Waals surface area contributed by atoms with Crippen LogP contribution in [0.4, 0.5) is 0 Å². The quantitative estimate of drug-likeness (QED) is 0.750. The molecule has 0 fully saturated rings. The predicted octanol–water partition coefficient (Wildman–Crippen LogP) is 2.34. The first kappa shape index (κ1) is 11.9. The molecule has 0 aliphatic heterocycles. The lowest BCUT2D eigenvalue weighted by atomic mass is 9.96. The molecule has 0 aliphatic rings. The lowest BCUT2D eigenvalue weighted by Crippen LogP contribution is -2.10. The molecule has 0 unspecified atom stereocenters. The van der Waals surface area contributed by atoms with Gasteiger partial charge < -0.3 is 5.73 Å². The van der Waals surface area contributed by atoms with Crippen molar-refractivity contribution < 1.29 is 4.79 Å². The Balaban J connectivity index is 3.05. The fourth-order valence-electron chi connectivity index (χ4n) is 1.68. The summed E-state index contributed by atoms with van der Waals surface area (Å²) in [5, 5.41) is 0. The van der Waals surface area contributed by atoms with E-state index in [1.807, 2.05) is 6.07 Å². The number of Topliss-reactive ketones (excluding diaryl/α,β-unsaturated/α-hetero) is 1. The topological polar surface area (TPSA) is 43.1 Å². The fourth-order valence-corrected chi connectivity index (χ4v) is 1.68. The Morgan fingerprint density at radius 1 is 1.27 bits per heavy atom. The summed E-state index contributed by atoms with van der Waals surface area (Å²) in [6, 6.07) is 6.16. The smallest absolute Gasteiger partial charge is 0.164 e. The van der Waals surface area contributed by atoms with Crippen molar-refractivity contribution in [2.24, 2.45) is 5.73 Å². The van der Waals surface area contributed by atoms with E-state index in [1.165, 1.54) is 5.56 Å². The van der Waals surface area contributed by atoms with E-state index in [4.69, 9.17) is 5.73 Å². The summed E-state index contributed by atoms with van der Waals surface area (Å²) >= 11 is 0. The number of ketones is 1. The molecule has 0 saturated heterocycles. The van der Waals surface area contributed by atoms with Gasteiger partial charge in [0.1, 0.15) is 0 Å². The number of nitrogens with two attached hydrogens (primary N) is 1. The van der Waals surface area contributed by atoms with Gasteiger partial charge in [0, 0.05) is 12.0 Å². The van der Waals surface area contributed by atoms with Crippen molar-refractivity contribution >= 4 is 5.78 Å². The highest BCUT2D eigenvalue weighted by molar-refractivity contribution is 5.97. The second kappa shape index (κ2) is 5.66. The van der Waals surface area contributed by atoms with Crippen LogP contribution in [0.5, 0.6) is 0 Å². The Bertz CT molecular complexity index is 344. The number of benzene rings is 1. The lowest BCUT2D eigenvalue weighted by molar-refractivity contribution is 0.0984. The van der Waals surface area contributed by atoms with Gasteiger partial charge in [-0.2, -0.15) is 0 Å². The van der Waals surface area contributed by atoms with Crippen LogP contribution in [0, 0.1) is 0 Å². The molecule has 1 rings (SSSR count). The molecule has 2 N–H and O–H groups in total. The van der Waals surface area contributed by atoms with Gasteiger partial charge in [-0.3, -0.25) is 4.79 Å². The zero-order valence-corrected chi connectivity index (χ0v) is 9.55. The summed E-state index contributed by atoms with van der Waals surface area (Å²) < 4.78 is 0. The van der Waals surface area contributed by atoms with Crippen molar-refractivity contribution in [1.82, 2.24) is 0 Å². The van der Waals surface area contributed by atoms with Crippen LogP contribution in [0.3, 0.4) is 0 Å². The van der Waals surface area contributed by atoms with Gasteiger partial charge in [0.15, 0.2) is 5.78 Å². The van der Waals surface area contributed by atoms with E-state index >= 15 is 0 Å². The second-order valence-corrected chi connectivity index (χ2v) is 3.66. The average molecular weight is 205 g/mol. The van der Waals surface area contributed by atoms with Crippen LogP contribution >= 0.6 is 0 Å². The molecule has 1 aromatic carbocycles. The van der Waals surface area contributed by atoms with Crippen LogP contribution in [0.15, 0.2) is 18.2 Å². The first-order valence-electron chi connectivity index (χ1n) is 5.58. The third-order valence-corrected chi connectivity index (χ3v) is 2.64. The normalized spacial score (nSPS) is 10.3. The molecule has 1 aromatic rings. The molecule has 0 radical (unpaired) electrons. The Hall–Kier alpha value is -1.15. The predicted molar refractivity (Wildman–Crippen MR) is 63.2 cm³/mol. The highest BCUT2D eigenvalue weighted by Gasteiger charge is 2.09. The van der Waals surface area contributed by atoms with E-state index in [9.17, 15) is 4.79 Å². The Morgan fingerprint density at radius 2 is 2.00 bits per heavy atom. The number of hydrogen-bond acceptors (Lipinski definition) is 2. The summed E-state index contributed by atoms with van der Waals surface area (Å²) in [7, 11) is 0. The number of rotatable bonds is 5. The number of carbonyl (C=O) groups is 1. The highest BCUT2D eigenvalue weighted by atomic mass is 16.1. The van der Waals surface area contributed by atoms with Gasteiger partial charge in [-0.15, -0.1) is 0 Å². The van der Waals surface area contributed by atoms with Crippen LogP contribution in [-0.2, 0) is 12.8 Å². The molecule has 2 heteroatoms. The Kier molecular flexibility index (Phi) is 4.50. The van der Waals surface area contributed by atoms with Crippen molar-refractivity contribution in [2.45, 2.75) is 33.1 Å². The maximum Gasteiger partial charge on any atom is 0.164 e. The van der Waals surface area contributed by atoms with Gasteiger partial charge in [-0.05, 0) is 36.6 Å². The average Bonchev–Trinajstić information content (AvgIpc) is 2.28. The van der Waals surface area contributed by atoms with Gasteiger partial charge in [0.05, 0.1) is 0 Å². The minimum Gasteiger partial charge on any atom is -0.330 e. The zero-order valence-electron chi connectivity index (χ0n) is 9.55. The molecule has 0 aliphatic carbocycles. The van der Waals surface area contributed by atoms with Gasteiger partial charge in [0.25, 0.3) is 0 Å². The van der Waals surface area contributed by atoms with Gasteiger partial charge in [0.2, 0.25) is 0 Å². The zero-order chi connectivity index (χ0) is 11.3.